The molecule has 0 saturated carbocycles. The largest absolute Gasteiger partial charge is 0.435 e. The van der Waals surface area contributed by atoms with E-state index in [1.165, 1.54) is 6.92 Å². The maximum Gasteiger partial charge on any atom is 0.334 e. The molecule has 0 spiro atoms. The Morgan fingerprint density at radius 2 is 1.47 bits per heavy atom. The van der Waals surface area contributed by atoms with Gasteiger partial charge < -0.3 is 9.47 Å². The molecule has 0 saturated heterocycles. The van der Waals surface area contributed by atoms with Gasteiger partial charge in [0.15, 0.2) is 0 Å². The Hall–Kier alpha value is -2.58. The van der Waals surface area contributed by atoms with Crippen molar-refractivity contribution in [2.45, 2.75) is 51.7 Å². The highest BCUT2D eigenvalue weighted by Gasteiger charge is 2.36. The maximum atomic E-state index is 12.6. The second kappa shape index (κ2) is 9.49. The number of para-hydroxylation sites is 1. The molecule has 7 nitrogen and oxygen atoms in total. The van der Waals surface area contributed by atoms with E-state index in [9.17, 15) is 13.2 Å². The summed E-state index contributed by atoms with van der Waals surface area (Å²) in [6.45, 7) is 8.57. The Kier molecular flexibility index (Phi) is 7.49. The molecule has 0 bridgehead atoms. The zero-order valence-corrected chi connectivity index (χ0v) is 18.9. The Labute approximate surface area is 178 Å². The van der Waals surface area contributed by atoms with E-state index >= 15 is 0 Å². The van der Waals surface area contributed by atoms with Gasteiger partial charge in [-0.2, -0.15) is 0 Å². The molecule has 164 valence electrons. The lowest BCUT2D eigenvalue weighted by Gasteiger charge is -2.31. The highest BCUT2D eigenvalue weighted by atomic mass is 32.2. The summed E-state index contributed by atoms with van der Waals surface area (Å²) in [5, 5.41) is 2.66. The van der Waals surface area contributed by atoms with E-state index in [2.05, 4.69) is 10.0 Å². The third-order valence-corrected chi connectivity index (χ3v) is 6.70. The van der Waals surface area contributed by atoms with Crippen LogP contribution in [0.1, 0.15) is 46.6 Å². The summed E-state index contributed by atoms with van der Waals surface area (Å²) >= 11 is 0. The van der Waals surface area contributed by atoms with Crippen molar-refractivity contribution in [2.24, 2.45) is 0 Å². The van der Waals surface area contributed by atoms with E-state index in [-0.39, 0.29) is 5.91 Å². The fourth-order valence-corrected chi connectivity index (χ4v) is 4.11. The second-order valence-electron chi connectivity index (χ2n) is 7.58. The van der Waals surface area contributed by atoms with Crippen molar-refractivity contribution in [3.8, 4) is 11.5 Å². The lowest BCUT2D eigenvalue weighted by Crippen LogP contribution is -2.54. The molecular formula is C22H30N2O5S. The summed E-state index contributed by atoms with van der Waals surface area (Å²) in [6, 6.07) is 15.7. The molecule has 0 radical (unpaired) electrons. The summed E-state index contributed by atoms with van der Waals surface area (Å²) in [6.07, 6.45) is 0.714. The first-order valence-corrected chi connectivity index (χ1v) is 11.3. The summed E-state index contributed by atoms with van der Waals surface area (Å²) in [5.41, 5.74) is 0.615. The van der Waals surface area contributed by atoms with Gasteiger partial charge in [-0.25, -0.2) is 13.1 Å². The van der Waals surface area contributed by atoms with Gasteiger partial charge in [-0.15, -0.1) is 0 Å². The first-order chi connectivity index (χ1) is 14.0. The van der Waals surface area contributed by atoms with Gasteiger partial charge in [-0.05, 0) is 50.1 Å². The van der Waals surface area contributed by atoms with Crippen LogP contribution in [-0.2, 0) is 19.6 Å². The summed E-state index contributed by atoms with van der Waals surface area (Å²) in [4.78, 5) is 11.7. The number of carbonyl (C=O) groups is 1. The van der Waals surface area contributed by atoms with Crippen LogP contribution in [-0.4, -0.2) is 26.8 Å². The average Bonchev–Trinajstić information content (AvgIpc) is 2.66. The molecule has 0 aliphatic rings. The molecule has 1 amide bonds. The molecule has 0 aliphatic carbocycles. The van der Waals surface area contributed by atoms with Gasteiger partial charge in [0.2, 0.25) is 15.9 Å². The second-order valence-corrected chi connectivity index (χ2v) is 9.89. The monoisotopic (exact) mass is 434 g/mol. The number of carbonyl (C=O) groups excluding carboxylic acids is 1. The van der Waals surface area contributed by atoms with Gasteiger partial charge in [0.05, 0.1) is 0 Å². The summed E-state index contributed by atoms with van der Waals surface area (Å²) in [7, 11) is -3.55. The molecule has 2 rings (SSSR count). The van der Waals surface area contributed by atoms with Crippen LogP contribution >= 0.6 is 0 Å². The first kappa shape index (κ1) is 23.7. The number of sulfonamides is 1. The zero-order chi connectivity index (χ0) is 22.4. The van der Waals surface area contributed by atoms with E-state index in [1.54, 1.807) is 57.2 Å². The van der Waals surface area contributed by atoms with Crippen LogP contribution in [0.4, 0.5) is 0 Å². The number of benzene rings is 2. The molecule has 0 fully saturated rings. The third kappa shape index (κ3) is 5.96. The van der Waals surface area contributed by atoms with Crippen molar-refractivity contribution in [1.29, 1.82) is 0 Å². The minimum absolute atomic E-state index is 0.320. The van der Waals surface area contributed by atoms with Crippen molar-refractivity contribution in [3.05, 3.63) is 60.2 Å². The number of ether oxygens (including phenoxy) is 2. The molecule has 2 N–H and O–H groups in total. The first-order valence-electron chi connectivity index (χ1n) is 9.80. The smallest absolute Gasteiger partial charge is 0.334 e. The van der Waals surface area contributed by atoms with Gasteiger partial charge in [0, 0.05) is 20.4 Å². The predicted molar refractivity (Wildman–Crippen MR) is 117 cm³/mol. The van der Waals surface area contributed by atoms with Gasteiger partial charge >= 0.3 is 5.91 Å². The van der Waals surface area contributed by atoms with Crippen LogP contribution in [0.15, 0.2) is 54.6 Å². The molecule has 0 aliphatic heterocycles. The Morgan fingerprint density at radius 3 is 1.97 bits per heavy atom. The normalized spacial score (nSPS) is 13.9. The lowest BCUT2D eigenvalue weighted by atomic mass is 10.0. The fourth-order valence-electron chi connectivity index (χ4n) is 2.83. The lowest BCUT2D eigenvalue weighted by molar-refractivity contribution is -0.149. The van der Waals surface area contributed by atoms with E-state index in [0.717, 1.165) is 0 Å². The molecular weight excluding hydrogens is 404 g/mol. The SMILES string of the molecule is CCCNS(=O)(=O)C(C)(C)c1ccc(OC(C)(NC(C)=O)Oc2ccccc2)cc1. The molecule has 30 heavy (non-hydrogen) atoms. The Morgan fingerprint density at radius 1 is 0.933 bits per heavy atom. The van der Waals surface area contributed by atoms with Crippen molar-refractivity contribution >= 4 is 15.9 Å². The number of amides is 1. The standard InChI is InChI=1S/C22H30N2O5S/c1-6-16-23-30(26,27)21(3,4)18-12-14-20(15-13-18)29-22(5,24-17(2)25)28-19-10-8-7-9-11-19/h7-15,23H,6,16H2,1-5H3,(H,24,25). The highest BCUT2D eigenvalue weighted by molar-refractivity contribution is 7.90. The minimum Gasteiger partial charge on any atom is -0.435 e. The molecule has 1 unspecified atom stereocenters. The van der Waals surface area contributed by atoms with Crippen molar-refractivity contribution in [2.75, 3.05) is 6.54 Å². The van der Waals surface area contributed by atoms with E-state index in [0.29, 0.717) is 30.0 Å². The third-order valence-electron chi connectivity index (χ3n) is 4.53. The van der Waals surface area contributed by atoms with Crippen LogP contribution in [0, 0.1) is 0 Å². The van der Waals surface area contributed by atoms with E-state index in [1.807, 2.05) is 25.1 Å². The summed E-state index contributed by atoms with van der Waals surface area (Å²) in [5.74, 6) is -0.821. The number of hydrogen-bond acceptors (Lipinski definition) is 5. The van der Waals surface area contributed by atoms with E-state index < -0.39 is 20.7 Å². The van der Waals surface area contributed by atoms with Crippen molar-refractivity contribution in [3.63, 3.8) is 0 Å². The molecule has 0 heterocycles. The number of nitrogens with one attached hydrogen (secondary N) is 2. The van der Waals surface area contributed by atoms with Gasteiger partial charge in [0.25, 0.3) is 0 Å². The maximum absolute atomic E-state index is 12.6. The van der Waals surface area contributed by atoms with E-state index in [4.69, 9.17) is 9.47 Å². The van der Waals surface area contributed by atoms with Gasteiger partial charge in [-0.1, -0.05) is 37.3 Å². The summed E-state index contributed by atoms with van der Waals surface area (Å²) < 4.78 is 38.5. The number of rotatable bonds is 10. The van der Waals surface area contributed by atoms with Crippen LogP contribution in [0.5, 0.6) is 11.5 Å². The average molecular weight is 435 g/mol. The van der Waals surface area contributed by atoms with Crippen LogP contribution in [0.25, 0.3) is 0 Å². The Balaban J connectivity index is 2.23. The highest BCUT2D eigenvalue weighted by Crippen LogP contribution is 2.31. The van der Waals surface area contributed by atoms with Crippen molar-refractivity contribution < 1.29 is 22.7 Å². The predicted octanol–water partition coefficient (Wildman–Crippen LogP) is 3.52. The fraction of sp³-hybridized carbons (Fsp3) is 0.409. The molecule has 0 aromatic heterocycles. The van der Waals surface area contributed by atoms with Gasteiger partial charge in [-0.3, -0.25) is 10.1 Å². The zero-order valence-electron chi connectivity index (χ0n) is 18.1. The molecule has 8 heteroatoms. The quantitative estimate of drug-likeness (QED) is 0.558. The molecule has 1 atom stereocenters. The topological polar surface area (TPSA) is 93.7 Å². The number of hydrogen-bond donors (Lipinski definition) is 2. The van der Waals surface area contributed by atoms with Gasteiger partial charge in [0.1, 0.15) is 16.2 Å². The van der Waals surface area contributed by atoms with Crippen LogP contribution in [0.3, 0.4) is 0 Å². The molecule has 2 aromatic rings. The Bertz CT molecular complexity index is 943. The minimum atomic E-state index is -3.55. The molecule has 2 aromatic carbocycles. The van der Waals surface area contributed by atoms with Crippen LogP contribution in [0.2, 0.25) is 0 Å². The van der Waals surface area contributed by atoms with Crippen LogP contribution < -0.4 is 19.5 Å². The van der Waals surface area contributed by atoms with Crippen molar-refractivity contribution in [1.82, 2.24) is 10.0 Å².